The fourth-order valence-electron chi connectivity index (χ4n) is 6.97. The highest BCUT2D eigenvalue weighted by molar-refractivity contribution is 5.99. The maximum absolute atomic E-state index is 14.3. The molecule has 5 aliphatic rings. The molecule has 1 unspecified atom stereocenters. The Morgan fingerprint density at radius 2 is 1.85 bits per heavy atom. The van der Waals surface area contributed by atoms with Gasteiger partial charge in [-0.05, 0) is 32.6 Å². The van der Waals surface area contributed by atoms with Crippen LogP contribution in [0.1, 0.15) is 58.8 Å². The van der Waals surface area contributed by atoms with E-state index >= 15 is 0 Å². The van der Waals surface area contributed by atoms with Crippen LogP contribution in [0.2, 0.25) is 0 Å². The van der Waals surface area contributed by atoms with Crippen LogP contribution >= 0.6 is 0 Å². The lowest BCUT2D eigenvalue weighted by molar-refractivity contribution is -0.162. The third-order valence-electron chi connectivity index (χ3n) is 8.58. The van der Waals surface area contributed by atoms with Gasteiger partial charge in [-0.15, -0.1) is 0 Å². The van der Waals surface area contributed by atoms with Crippen LogP contribution in [0.25, 0.3) is 0 Å². The lowest BCUT2D eigenvalue weighted by Gasteiger charge is -2.42. The van der Waals surface area contributed by atoms with Gasteiger partial charge in [0.05, 0.1) is 30.8 Å². The molecule has 0 bridgehead atoms. The van der Waals surface area contributed by atoms with E-state index in [9.17, 15) is 19.5 Å². The van der Waals surface area contributed by atoms with Gasteiger partial charge in [0.1, 0.15) is 17.6 Å². The number of carbonyl (C=O) groups is 3. The Kier molecular flexibility index (Phi) is 6.09. The zero-order valence-corrected chi connectivity index (χ0v) is 20.2. The predicted molar refractivity (Wildman–Crippen MR) is 123 cm³/mol. The van der Waals surface area contributed by atoms with Crippen LogP contribution in [-0.2, 0) is 23.9 Å². The molecule has 1 N–H and O–H groups in total. The molecule has 2 saturated heterocycles. The Labute approximate surface area is 200 Å². The molecule has 0 aromatic heterocycles. The van der Waals surface area contributed by atoms with Crippen LogP contribution in [0.15, 0.2) is 24.3 Å². The molecule has 1 saturated carbocycles. The summed E-state index contributed by atoms with van der Waals surface area (Å²) in [6, 6.07) is -1.32. The lowest BCUT2D eigenvalue weighted by atomic mass is 9.74. The Hall–Kier alpha value is -2.19. The van der Waals surface area contributed by atoms with Crippen molar-refractivity contribution in [2.75, 3.05) is 19.8 Å². The SMILES string of the molecule is CC[C@@H](CO)N1C(=O)[C@@H]2[C@@H]3C(=O)OCCC=C[C@]3(C)O[C@@]23C=CCN(C2CCCCC2)C(=O)C13. The smallest absolute Gasteiger partial charge is 0.313 e. The molecule has 0 radical (unpaired) electrons. The standard InChI is InChI=1S/C26H36N2O6/c1-3-17(16-29)28-21-23(31)27(18-10-5-4-6-11-18)14-9-13-26(21)19(22(28)30)20-24(32)33-15-8-7-12-25(20,2)34-26/h7,9,12-13,17-21,29H,3-6,8,10-11,14-16H2,1-2H3/t17-,19-,20+,21?,25-,26-/m0/s1. The first-order chi connectivity index (χ1) is 16.4. The van der Waals surface area contributed by atoms with Gasteiger partial charge in [-0.25, -0.2) is 0 Å². The maximum Gasteiger partial charge on any atom is 0.313 e. The van der Waals surface area contributed by atoms with Crippen molar-refractivity contribution in [1.82, 2.24) is 9.80 Å². The number of esters is 1. The van der Waals surface area contributed by atoms with Gasteiger partial charge in [-0.3, -0.25) is 14.4 Å². The number of aliphatic hydroxyl groups excluding tert-OH is 1. The van der Waals surface area contributed by atoms with Gasteiger partial charge in [-0.2, -0.15) is 0 Å². The van der Waals surface area contributed by atoms with E-state index in [1.807, 2.05) is 43.1 Å². The van der Waals surface area contributed by atoms with E-state index < -0.39 is 41.1 Å². The molecule has 1 spiro atoms. The van der Waals surface area contributed by atoms with E-state index in [1.54, 1.807) is 0 Å². The van der Waals surface area contributed by atoms with Crippen molar-refractivity contribution < 1.29 is 29.0 Å². The molecule has 8 heteroatoms. The quantitative estimate of drug-likeness (QED) is 0.496. The molecule has 3 fully saturated rings. The normalized spacial score (nSPS) is 39.1. The van der Waals surface area contributed by atoms with Crippen LogP contribution in [0.4, 0.5) is 0 Å². The minimum absolute atomic E-state index is 0.127. The molecule has 5 rings (SSSR count). The molecule has 34 heavy (non-hydrogen) atoms. The Morgan fingerprint density at radius 1 is 1.09 bits per heavy atom. The second-order valence-electron chi connectivity index (χ2n) is 10.5. The van der Waals surface area contributed by atoms with Crippen LogP contribution in [0.5, 0.6) is 0 Å². The number of carbonyl (C=O) groups excluding carboxylic acids is 3. The minimum atomic E-state index is -1.28. The summed E-state index contributed by atoms with van der Waals surface area (Å²) in [6.45, 7) is 4.16. The third kappa shape index (κ3) is 3.36. The van der Waals surface area contributed by atoms with Crippen molar-refractivity contribution in [2.24, 2.45) is 11.8 Å². The molecule has 4 aliphatic heterocycles. The number of nitrogens with zero attached hydrogens (tertiary/aromatic N) is 2. The molecule has 0 aromatic carbocycles. The molecule has 1 aliphatic carbocycles. The van der Waals surface area contributed by atoms with Crippen molar-refractivity contribution in [3.63, 3.8) is 0 Å². The van der Waals surface area contributed by atoms with Gasteiger partial charge in [0.2, 0.25) is 11.8 Å². The van der Waals surface area contributed by atoms with Gasteiger partial charge in [-0.1, -0.05) is 50.5 Å². The largest absolute Gasteiger partial charge is 0.465 e. The summed E-state index contributed by atoms with van der Waals surface area (Å²) in [5.74, 6) is -2.67. The van der Waals surface area contributed by atoms with Crippen molar-refractivity contribution in [2.45, 2.75) is 88.1 Å². The summed E-state index contributed by atoms with van der Waals surface area (Å²) in [6.07, 6.45) is 13.9. The summed E-state index contributed by atoms with van der Waals surface area (Å²) in [7, 11) is 0. The summed E-state index contributed by atoms with van der Waals surface area (Å²) in [5, 5.41) is 10.2. The molecule has 6 atom stereocenters. The molecular formula is C26H36N2O6. The highest BCUT2D eigenvalue weighted by atomic mass is 16.6. The predicted octanol–water partition coefficient (Wildman–Crippen LogP) is 1.96. The van der Waals surface area contributed by atoms with Crippen LogP contribution < -0.4 is 0 Å². The van der Waals surface area contributed by atoms with Gasteiger partial charge in [0.25, 0.3) is 0 Å². The number of hydrogen-bond acceptors (Lipinski definition) is 6. The number of likely N-dealkylation sites (tertiary alicyclic amines) is 1. The summed E-state index contributed by atoms with van der Waals surface area (Å²) < 4.78 is 12.2. The van der Waals surface area contributed by atoms with E-state index in [1.165, 1.54) is 11.3 Å². The first-order valence-corrected chi connectivity index (χ1v) is 12.8. The van der Waals surface area contributed by atoms with Crippen molar-refractivity contribution in [1.29, 1.82) is 0 Å². The van der Waals surface area contributed by atoms with Crippen molar-refractivity contribution in [3.05, 3.63) is 24.3 Å². The summed E-state index contributed by atoms with van der Waals surface area (Å²) in [5.41, 5.74) is -2.35. The van der Waals surface area contributed by atoms with Crippen LogP contribution in [0, 0.1) is 11.8 Å². The second-order valence-corrected chi connectivity index (χ2v) is 10.5. The van der Waals surface area contributed by atoms with Crippen molar-refractivity contribution in [3.8, 4) is 0 Å². The van der Waals surface area contributed by atoms with E-state index in [-0.39, 0.29) is 31.1 Å². The second kappa shape index (κ2) is 8.79. The number of hydrogen-bond donors (Lipinski definition) is 1. The fourth-order valence-corrected chi connectivity index (χ4v) is 6.97. The third-order valence-corrected chi connectivity index (χ3v) is 8.58. The number of ether oxygens (including phenoxy) is 2. The average Bonchev–Trinajstić information content (AvgIpc) is 3.14. The number of amides is 2. The van der Waals surface area contributed by atoms with E-state index in [0.717, 1.165) is 25.7 Å². The first-order valence-electron chi connectivity index (χ1n) is 12.8. The van der Waals surface area contributed by atoms with Crippen LogP contribution in [-0.4, -0.2) is 81.8 Å². The lowest BCUT2D eigenvalue weighted by Crippen LogP contribution is -2.60. The van der Waals surface area contributed by atoms with Crippen molar-refractivity contribution >= 4 is 17.8 Å². The van der Waals surface area contributed by atoms with E-state index in [2.05, 4.69) is 0 Å². The number of cyclic esters (lactones) is 1. The number of rotatable bonds is 4. The Balaban J connectivity index is 1.64. The molecule has 186 valence electrons. The zero-order chi connectivity index (χ0) is 24.1. The molecule has 0 aromatic rings. The van der Waals surface area contributed by atoms with Gasteiger partial charge in [0.15, 0.2) is 0 Å². The summed E-state index contributed by atoms with van der Waals surface area (Å²) in [4.78, 5) is 45.0. The minimum Gasteiger partial charge on any atom is -0.465 e. The van der Waals surface area contributed by atoms with Crippen LogP contribution in [0.3, 0.4) is 0 Å². The molecule has 2 amide bonds. The zero-order valence-electron chi connectivity index (χ0n) is 20.2. The fraction of sp³-hybridized carbons (Fsp3) is 0.731. The maximum atomic E-state index is 14.3. The average molecular weight is 473 g/mol. The van der Waals surface area contributed by atoms with Gasteiger partial charge < -0.3 is 24.4 Å². The number of aliphatic hydroxyl groups is 1. The Bertz CT molecular complexity index is 907. The Morgan fingerprint density at radius 3 is 2.56 bits per heavy atom. The highest BCUT2D eigenvalue weighted by Crippen LogP contribution is 2.57. The first kappa shape index (κ1) is 23.5. The van der Waals surface area contributed by atoms with E-state index in [4.69, 9.17) is 9.47 Å². The molecule has 8 nitrogen and oxygen atoms in total. The van der Waals surface area contributed by atoms with Gasteiger partial charge >= 0.3 is 5.97 Å². The molecule has 4 heterocycles. The molecular weight excluding hydrogens is 436 g/mol. The summed E-state index contributed by atoms with van der Waals surface area (Å²) >= 11 is 0. The number of fused-ring (bicyclic) bond motifs is 2. The highest BCUT2D eigenvalue weighted by Gasteiger charge is 2.75. The topological polar surface area (TPSA) is 96.4 Å². The monoisotopic (exact) mass is 472 g/mol. The van der Waals surface area contributed by atoms with E-state index in [0.29, 0.717) is 19.4 Å². The van der Waals surface area contributed by atoms with Gasteiger partial charge in [0, 0.05) is 12.6 Å².